The molecule has 0 unspecified atom stereocenters. The maximum Gasteiger partial charge on any atom is 0.270 e. The normalized spacial score (nSPS) is 18.6. The van der Waals surface area contributed by atoms with Crippen molar-refractivity contribution >= 4 is 11.8 Å². The lowest BCUT2D eigenvalue weighted by molar-refractivity contribution is -0.126. The first-order valence-electron chi connectivity index (χ1n) is 8.06. The first kappa shape index (κ1) is 16.6. The molecular weight excluding hydrogens is 278 g/mol. The zero-order valence-electron chi connectivity index (χ0n) is 14.2. The van der Waals surface area contributed by atoms with E-state index in [1.807, 2.05) is 39.5 Å². The average molecular weight is 305 g/mol. The van der Waals surface area contributed by atoms with Crippen LogP contribution in [0.2, 0.25) is 0 Å². The van der Waals surface area contributed by atoms with E-state index in [1.54, 1.807) is 0 Å². The molecule has 1 aliphatic rings. The number of H-pyrrole nitrogens is 1. The van der Waals surface area contributed by atoms with Gasteiger partial charge in [-0.2, -0.15) is 0 Å². The largest absolute Gasteiger partial charge is 0.354 e. The number of aromatic nitrogens is 1. The SMILES string of the molecule is Cc1[nH]c(C(=O)N2CCC[C@H](C(=O)NC(C)C)C2)c(C)c1C. The Hall–Kier alpha value is -1.78. The van der Waals surface area contributed by atoms with Crippen molar-refractivity contribution in [2.45, 2.75) is 53.5 Å². The number of hydrogen-bond acceptors (Lipinski definition) is 2. The Bertz CT molecular complexity index is 575. The van der Waals surface area contributed by atoms with E-state index < -0.39 is 0 Å². The molecule has 1 saturated heterocycles. The third-order valence-corrected chi connectivity index (χ3v) is 4.54. The third kappa shape index (κ3) is 3.34. The van der Waals surface area contributed by atoms with Gasteiger partial charge in [-0.1, -0.05) is 0 Å². The fraction of sp³-hybridized carbons (Fsp3) is 0.647. The number of nitrogens with one attached hydrogen (secondary N) is 2. The van der Waals surface area contributed by atoms with Gasteiger partial charge in [0.05, 0.1) is 5.92 Å². The highest BCUT2D eigenvalue weighted by molar-refractivity contribution is 5.95. The Balaban J connectivity index is 2.10. The lowest BCUT2D eigenvalue weighted by Gasteiger charge is -2.32. The smallest absolute Gasteiger partial charge is 0.270 e. The monoisotopic (exact) mass is 305 g/mol. The van der Waals surface area contributed by atoms with Crippen LogP contribution in [0.4, 0.5) is 0 Å². The summed E-state index contributed by atoms with van der Waals surface area (Å²) in [6.07, 6.45) is 1.73. The maximum atomic E-state index is 12.7. The fourth-order valence-electron chi connectivity index (χ4n) is 2.99. The summed E-state index contributed by atoms with van der Waals surface area (Å²) in [5, 5.41) is 2.95. The van der Waals surface area contributed by atoms with E-state index in [0.29, 0.717) is 12.2 Å². The first-order valence-corrected chi connectivity index (χ1v) is 8.06. The number of piperidine rings is 1. The summed E-state index contributed by atoms with van der Waals surface area (Å²) in [6.45, 7) is 11.1. The lowest BCUT2D eigenvalue weighted by Crippen LogP contribution is -2.46. The molecule has 22 heavy (non-hydrogen) atoms. The quantitative estimate of drug-likeness (QED) is 0.900. The van der Waals surface area contributed by atoms with Crippen molar-refractivity contribution in [1.29, 1.82) is 0 Å². The van der Waals surface area contributed by atoms with E-state index in [9.17, 15) is 9.59 Å². The van der Waals surface area contributed by atoms with Gasteiger partial charge in [0, 0.05) is 24.8 Å². The fourth-order valence-corrected chi connectivity index (χ4v) is 2.99. The Morgan fingerprint density at radius 3 is 2.45 bits per heavy atom. The molecule has 1 fully saturated rings. The number of carbonyl (C=O) groups excluding carboxylic acids is 2. The number of carbonyl (C=O) groups is 2. The molecule has 2 rings (SSSR count). The van der Waals surface area contributed by atoms with E-state index in [2.05, 4.69) is 10.3 Å². The Morgan fingerprint density at radius 1 is 1.23 bits per heavy atom. The van der Waals surface area contributed by atoms with Crippen molar-refractivity contribution in [3.8, 4) is 0 Å². The van der Waals surface area contributed by atoms with E-state index >= 15 is 0 Å². The number of hydrogen-bond donors (Lipinski definition) is 2. The molecular formula is C17H27N3O2. The molecule has 1 atom stereocenters. The number of amides is 2. The Labute approximate surface area is 132 Å². The molecule has 0 spiro atoms. The molecule has 5 heteroatoms. The minimum atomic E-state index is -0.0995. The highest BCUT2D eigenvalue weighted by atomic mass is 16.2. The molecule has 0 radical (unpaired) electrons. The van der Waals surface area contributed by atoms with Crippen LogP contribution in [0, 0.1) is 26.7 Å². The summed E-state index contributed by atoms with van der Waals surface area (Å²) >= 11 is 0. The second-order valence-electron chi connectivity index (χ2n) is 6.63. The topological polar surface area (TPSA) is 65.2 Å². The standard InChI is InChI=1S/C17H27N3O2/c1-10(2)18-16(21)14-7-6-8-20(9-14)17(22)15-12(4)11(3)13(5)19-15/h10,14,19H,6-9H2,1-5H3,(H,18,21)/t14-/m0/s1. The summed E-state index contributed by atoms with van der Waals surface area (Å²) in [7, 11) is 0. The van der Waals surface area contributed by atoms with Gasteiger partial charge in [0.1, 0.15) is 5.69 Å². The maximum absolute atomic E-state index is 12.7. The lowest BCUT2D eigenvalue weighted by atomic mass is 9.96. The zero-order chi connectivity index (χ0) is 16.4. The molecule has 1 aromatic heterocycles. The molecule has 1 aliphatic heterocycles. The van der Waals surface area contributed by atoms with Crippen LogP contribution in [-0.2, 0) is 4.79 Å². The van der Waals surface area contributed by atoms with Crippen molar-refractivity contribution in [1.82, 2.24) is 15.2 Å². The van der Waals surface area contributed by atoms with Crippen LogP contribution >= 0.6 is 0 Å². The van der Waals surface area contributed by atoms with Gasteiger partial charge in [-0.3, -0.25) is 9.59 Å². The van der Waals surface area contributed by atoms with Gasteiger partial charge < -0.3 is 15.2 Å². The van der Waals surface area contributed by atoms with Crippen molar-refractivity contribution in [3.63, 3.8) is 0 Å². The molecule has 0 saturated carbocycles. The van der Waals surface area contributed by atoms with Crippen LogP contribution in [0.5, 0.6) is 0 Å². The summed E-state index contributed by atoms with van der Waals surface area (Å²) in [5.74, 6) is -0.0311. The van der Waals surface area contributed by atoms with Gasteiger partial charge in [-0.25, -0.2) is 0 Å². The highest BCUT2D eigenvalue weighted by Gasteiger charge is 2.30. The second kappa shape index (κ2) is 6.55. The van der Waals surface area contributed by atoms with Gasteiger partial charge in [-0.15, -0.1) is 0 Å². The van der Waals surface area contributed by atoms with Crippen LogP contribution in [0.15, 0.2) is 0 Å². The number of likely N-dealkylation sites (tertiary alicyclic amines) is 1. The van der Waals surface area contributed by atoms with Crippen molar-refractivity contribution in [2.75, 3.05) is 13.1 Å². The molecule has 122 valence electrons. The minimum Gasteiger partial charge on any atom is -0.354 e. The van der Waals surface area contributed by atoms with Gasteiger partial charge in [0.2, 0.25) is 5.91 Å². The van der Waals surface area contributed by atoms with Crippen LogP contribution in [0.3, 0.4) is 0 Å². The van der Waals surface area contributed by atoms with Gasteiger partial charge in [0.15, 0.2) is 0 Å². The molecule has 2 amide bonds. The average Bonchev–Trinajstić information content (AvgIpc) is 2.73. The molecule has 2 N–H and O–H groups in total. The summed E-state index contributed by atoms with van der Waals surface area (Å²) in [5.41, 5.74) is 3.84. The van der Waals surface area contributed by atoms with Crippen LogP contribution in [0.25, 0.3) is 0 Å². The number of aryl methyl sites for hydroxylation is 1. The second-order valence-corrected chi connectivity index (χ2v) is 6.63. The van der Waals surface area contributed by atoms with E-state index in [4.69, 9.17) is 0 Å². The first-order chi connectivity index (χ1) is 10.3. The predicted molar refractivity (Wildman–Crippen MR) is 86.9 cm³/mol. The predicted octanol–water partition coefficient (Wildman–Crippen LogP) is 2.32. The third-order valence-electron chi connectivity index (χ3n) is 4.54. The molecule has 0 bridgehead atoms. The number of aromatic amines is 1. The number of nitrogens with zero attached hydrogens (tertiary/aromatic N) is 1. The molecule has 0 aromatic carbocycles. The minimum absolute atomic E-state index is 0.00995. The van der Waals surface area contributed by atoms with E-state index in [1.165, 1.54) is 0 Å². The summed E-state index contributed by atoms with van der Waals surface area (Å²) in [6, 6.07) is 0.134. The van der Waals surface area contributed by atoms with Gasteiger partial charge in [0.25, 0.3) is 5.91 Å². The number of rotatable bonds is 3. The molecule has 0 aliphatic carbocycles. The van der Waals surface area contributed by atoms with E-state index in [-0.39, 0.29) is 23.8 Å². The summed E-state index contributed by atoms with van der Waals surface area (Å²) < 4.78 is 0. The van der Waals surface area contributed by atoms with Crippen molar-refractivity contribution in [2.24, 2.45) is 5.92 Å². The van der Waals surface area contributed by atoms with Crippen LogP contribution in [0.1, 0.15) is 54.0 Å². The summed E-state index contributed by atoms with van der Waals surface area (Å²) in [4.78, 5) is 29.9. The van der Waals surface area contributed by atoms with E-state index in [0.717, 1.165) is 36.2 Å². The Kier molecular flexibility index (Phi) is 4.94. The van der Waals surface area contributed by atoms with Gasteiger partial charge in [-0.05, 0) is 58.6 Å². The van der Waals surface area contributed by atoms with Crippen molar-refractivity contribution < 1.29 is 9.59 Å². The van der Waals surface area contributed by atoms with Crippen LogP contribution < -0.4 is 5.32 Å². The van der Waals surface area contributed by atoms with Crippen LogP contribution in [-0.4, -0.2) is 40.8 Å². The zero-order valence-corrected chi connectivity index (χ0v) is 14.2. The van der Waals surface area contributed by atoms with Crippen molar-refractivity contribution in [3.05, 3.63) is 22.5 Å². The highest BCUT2D eigenvalue weighted by Crippen LogP contribution is 2.22. The van der Waals surface area contributed by atoms with Gasteiger partial charge >= 0.3 is 0 Å². The molecule has 5 nitrogen and oxygen atoms in total. The molecule has 2 heterocycles. The molecule has 1 aromatic rings. The Morgan fingerprint density at radius 2 is 1.91 bits per heavy atom.